The highest BCUT2D eigenvalue weighted by Gasteiger charge is 2.51. The first-order valence-electron chi connectivity index (χ1n) is 10.7. The fourth-order valence-electron chi connectivity index (χ4n) is 5.04. The van der Waals surface area contributed by atoms with Gasteiger partial charge in [0.25, 0.3) is 0 Å². The summed E-state index contributed by atoms with van der Waals surface area (Å²) < 4.78 is 6.30. The summed E-state index contributed by atoms with van der Waals surface area (Å²) in [5.74, 6) is 2.02. The minimum absolute atomic E-state index is 0.172. The predicted octanol–water partition coefficient (Wildman–Crippen LogP) is 5.50. The van der Waals surface area contributed by atoms with Crippen LogP contribution in [0.5, 0.6) is 0 Å². The van der Waals surface area contributed by atoms with Crippen LogP contribution in [0.1, 0.15) is 97.8 Å². The Morgan fingerprint density at radius 1 is 0.880 bits per heavy atom. The molecule has 2 aliphatic rings. The lowest BCUT2D eigenvalue weighted by Crippen LogP contribution is -2.52. The van der Waals surface area contributed by atoms with E-state index in [-0.39, 0.29) is 5.60 Å². The van der Waals surface area contributed by atoms with Crippen molar-refractivity contribution in [3.63, 3.8) is 0 Å². The van der Waals surface area contributed by atoms with Crippen LogP contribution in [-0.2, 0) is 14.3 Å². The summed E-state index contributed by atoms with van der Waals surface area (Å²) in [7, 11) is 0. The van der Waals surface area contributed by atoms with Crippen molar-refractivity contribution < 1.29 is 14.3 Å². The van der Waals surface area contributed by atoms with Gasteiger partial charge in [-0.2, -0.15) is 0 Å². The van der Waals surface area contributed by atoms with Crippen molar-refractivity contribution in [1.82, 2.24) is 0 Å². The number of carbonyl (C=O) groups excluding carboxylic acids is 2. The molecule has 0 bridgehead atoms. The Morgan fingerprint density at radius 2 is 1.36 bits per heavy atom. The molecule has 2 rings (SSSR count). The van der Waals surface area contributed by atoms with E-state index in [0.717, 1.165) is 6.42 Å². The quantitative estimate of drug-likeness (QED) is 0.412. The molecule has 0 aromatic heterocycles. The Labute approximate surface area is 154 Å². The first kappa shape index (κ1) is 20.6. The van der Waals surface area contributed by atoms with Gasteiger partial charge in [0.1, 0.15) is 11.6 Å². The molecule has 2 fully saturated rings. The summed E-state index contributed by atoms with van der Waals surface area (Å²) in [6.45, 7) is 7.29. The number of ether oxygens (including phenoxy) is 1. The largest absolute Gasteiger partial charge is 0.375 e. The molecular formula is C22H38O3. The summed E-state index contributed by atoms with van der Waals surface area (Å²) in [5, 5.41) is 0. The van der Waals surface area contributed by atoms with E-state index >= 15 is 0 Å². The Hall–Kier alpha value is -0.700. The van der Waals surface area contributed by atoms with Crippen molar-refractivity contribution >= 4 is 11.6 Å². The van der Waals surface area contributed by atoms with Gasteiger partial charge in [-0.05, 0) is 38.0 Å². The molecule has 0 radical (unpaired) electrons. The molecule has 0 aliphatic heterocycles. The molecule has 144 valence electrons. The van der Waals surface area contributed by atoms with Crippen LogP contribution in [-0.4, -0.2) is 23.8 Å². The van der Waals surface area contributed by atoms with Crippen molar-refractivity contribution in [3.8, 4) is 0 Å². The number of carbonyl (C=O) groups is 2. The van der Waals surface area contributed by atoms with E-state index in [9.17, 15) is 9.59 Å². The van der Waals surface area contributed by atoms with Gasteiger partial charge < -0.3 is 4.74 Å². The van der Waals surface area contributed by atoms with Crippen LogP contribution in [0.3, 0.4) is 0 Å². The summed E-state index contributed by atoms with van der Waals surface area (Å²) in [4.78, 5) is 23.1. The third-order valence-electron chi connectivity index (χ3n) is 6.43. The van der Waals surface area contributed by atoms with Gasteiger partial charge in [0.15, 0.2) is 0 Å². The number of ketones is 2. The van der Waals surface area contributed by atoms with Gasteiger partial charge in [-0.1, -0.05) is 51.9 Å². The zero-order valence-electron chi connectivity index (χ0n) is 16.6. The molecular weight excluding hydrogens is 312 g/mol. The topological polar surface area (TPSA) is 43.4 Å². The number of hydrogen-bond acceptors (Lipinski definition) is 3. The summed E-state index contributed by atoms with van der Waals surface area (Å²) in [5.41, 5.74) is -0.172. The fourth-order valence-corrected chi connectivity index (χ4v) is 5.04. The van der Waals surface area contributed by atoms with Crippen molar-refractivity contribution in [2.24, 2.45) is 17.8 Å². The zero-order chi connectivity index (χ0) is 18.3. The molecule has 0 aromatic carbocycles. The Bertz CT molecular complexity index is 405. The number of rotatable bonds is 13. The van der Waals surface area contributed by atoms with Crippen molar-refractivity contribution in [3.05, 3.63) is 0 Å². The second kappa shape index (κ2) is 9.85. The molecule has 3 heteroatoms. The second-order valence-corrected chi connectivity index (χ2v) is 8.56. The van der Waals surface area contributed by atoms with E-state index in [1.54, 1.807) is 0 Å². The maximum atomic E-state index is 11.6. The van der Waals surface area contributed by atoms with Crippen molar-refractivity contribution in [1.29, 1.82) is 0 Å². The SMILES string of the molecule is CCCCCCCCCC(C)(OCC)C(C1CC(=O)C1)C1CC(=O)C1. The molecule has 0 spiro atoms. The molecule has 1 unspecified atom stereocenters. The van der Waals surface area contributed by atoms with Crippen LogP contribution in [0.15, 0.2) is 0 Å². The molecule has 2 saturated carbocycles. The third kappa shape index (κ3) is 5.64. The molecule has 3 nitrogen and oxygen atoms in total. The summed E-state index contributed by atoms with van der Waals surface area (Å²) >= 11 is 0. The van der Waals surface area contributed by atoms with Crippen LogP contribution in [0.4, 0.5) is 0 Å². The summed E-state index contributed by atoms with van der Waals surface area (Å²) in [6, 6.07) is 0. The Morgan fingerprint density at radius 3 is 1.80 bits per heavy atom. The maximum Gasteiger partial charge on any atom is 0.133 e. The van der Waals surface area contributed by atoms with E-state index in [1.165, 1.54) is 44.9 Å². The smallest absolute Gasteiger partial charge is 0.133 e. The van der Waals surface area contributed by atoms with Crippen LogP contribution in [0.2, 0.25) is 0 Å². The minimum atomic E-state index is -0.172. The lowest BCUT2D eigenvalue weighted by Gasteiger charge is -2.50. The average molecular weight is 351 g/mol. The molecule has 2 aliphatic carbocycles. The van der Waals surface area contributed by atoms with Crippen molar-refractivity contribution in [2.75, 3.05) is 6.61 Å². The molecule has 0 saturated heterocycles. The normalized spacial score (nSPS) is 21.3. The van der Waals surface area contributed by atoms with Gasteiger partial charge in [0.05, 0.1) is 5.60 Å². The Kier molecular flexibility index (Phi) is 8.12. The molecule has 0 N–H and O–H groups in total. The average Bonchev–Trinajstić information content (AvgIpc) is 2.51. The van der Waals surface area contributed by atoms with Gasteiger partial charge in [0, 0.05) is 32.3 Å². The van der Waals surface area contributed by atoms with Crippen LogP contribution in [0.25, 0.3) is 0 Å². The Balaban J connectivity index is 1.89. The molecule has 0 aromatic rings. The molecule has 0 heterocycles. The van der Waals surface area contributed by atoms with Gasteiger partial charge in [0.2, 0.25) is 0 Å². The molecule has 1 atom stereocenters. The number of Topliss-reactive ketones (excluding diaryl/α,β-unsaturated/α-hetero) is 2. The van der Waals surface area contributed by atoms with E-state index in [4.69, 9.17) is 4.74 Å². The van der Waals surface area contributed by atoms with E-state index in [2.05, 4.69) is 20.8 Å². The highest BCUT2D eigenvalue weighted by atomic mass is 16.5. The second-order valence-electron chi connectivity index (χ2n) is 8.56. The van der Waals surface area contributed by atoms with Gasteiger partial charge in [-0.25, -0.2) is 0 Å². The van der Waals surface area contributed by atoms with E-state index < -0.39 is 0 Å². The summed E-state index contributed by atoms with van der Waals surface area (Å²) in [6.07, 6.45) is 13.0. The predicted molar refractivity (Wildman–Crippen MR) is 102 cm³/mol. The van der Waals surface area contributed by atoms with Gasteiger partial charge >= 0.3 is 0 Å². The number of unbranched alkanes of at least 4 members (excludes halogenated alkanes) is 6. The first-order chi connectivity index (χ1) is 12.0. The molecule has 0 amide bonds. The standard InChI is InChI=1S/C22H38O3/c1-4-6-7-8-9-10-11-12-22(3,25-5-2)21(17-13-19(23)14-17)18-15-20(24)16-18/h17-18,21H,4-16H2,1-3H3. The third-order valence-corrected chi connectivity index (χ3v) is 6.43. The van der Waals surface area contributed by atoms with E-state index in [0.29, 0.717) is 61.6 Å². The lowest BCUT2D eigenvalue weighted by atomic mass is 9.57. The zero-order valence-corrected chi connectivity index (χ0v) is 16.6. The maximum absolute atomic E-state index is 11.6. The minimum Gasteiger partial charge on any atom is -0.375 e. The van der Waals surface area contributed by atoms with Crippen LogP contribution >= 0.6 is 0 Å². The van der Waals surface area contributed by atoms with Crippen molar-refractivity contribution in [2.45, 2.75) is 103 Å². The highest BCUT2D eigenvalue weighted by molar-refractivity contribution is 5.86. The molecule has 25 heavy (non-hydrogen) atoms. The number of hydrogen-bond donors (Lipinski definition) is 0. The fraction of sp³-hybridized carbons (Fsp3) is 0.909. The van der Waals surface area contributed by atoms with E-state index in [1.807, 2.05) is 0 Å². The van der Waals surface area contributed by atoms with Gasteiger partial charge in [-0.3, -0.25) is 9.59 Å². The lowest BCUT2D eigenvalue weighted by molar-refractivity contribution is -0.155. The highest BCUT2D eigenvalue weighted by Crippen LogP contribution is 2.49. The van der Waals surface area contributed by atoms with Crippen LogP contribution < -0.4 is 0 Å². The first-order valence-corrected chi connectivity index (χ1v) is 10.7. The van der Waals surface area contributed by atoms with Crippen LogP contribution in [0, 0.1) is 17.8 Å². The monoisotopic (exact) mass is 350 g/mol. The van der Waals surface area contributed by atoms with Gasteiger partial charge in [-0.15, -0.1) is 0 Å².